The number of ether oxygens (including phenoxy) is 2. The van der Waals surface area contributed by atoms with Crippen molar-refractivity contribution in [3.63, 3.8) is 0 Å². The highest BCUT2D eigenvalue weighted by molar-refractivity contribution is 5.98. The van der Waals surface area contributed by atoms with Crippen molar-refractivity contribution in [2.45, 2.75) is 19.4 Å². The number of methoxy groups -OCH3 is 1. The standard InChI is InChI=1S/C30H35N7O3/c1-21-11-12-22(18-25(21)39-3)28-27-29(31)32-20-33-30(27)37(34-28)23-13-15-36(19-23)26(38)10-7-14-35(2)16-17-40-24-8-5-4-6-9-24/h4-12,18,20,23H,13-17,19H2,1-3H3,(H2,31,32,33)/t23-/m1/s1. The predicted octanol–water partition coefficient (Wildman–Crippen LogP) is 3.73. The summed E-state index contributed by atoms with van der Waals surface area (Å²) in [5.41, 5.74) is 9.57. The molecule has 208 valence electrons. The molecule has 10 nitrogen and oxygen atoms in total. The Balaban J connectivity index is 1.23. The summed E-state index contributed by atoms with van der Waals surface area (Å²) in [6.45, 7) is 5.18. The second-order valence-electron chi connectivity index (χ2n) is 9.99. The Bertz CT molecular complexity index is 1500. The van der Waals surface area contributed by atoms with E-state index in [1.807, 2.05) is 78.2 Å². The minimum atomic E-state index is -0.0203. The highest BCUT2D eigenvalue weighted by Gasteiger charge is 2.30. The first-order chi connectivity index (χ1) is 19.4. The van der Waals surface area contributed by atoms with Crippen molar-refractivity contribution in [3.8, 4) is 22.8 Å². The lowest BCUT2D eigenvalue weighted by Crippen LogP contribution is -2.28. The number of likely N-dealkylation sites (tertiary alicyclic amines) is 1. The lowest BCUT2D eigenvalue weighted by atomic mass is 10.1. The fourth-order valence-corrected chi connectivity index (χ4v) is 4.93. The van der Waals surface area contributed by atoms with Crippen molar-refractivity contribution in [2.75, 3.05) is 52.7 Å². The highest BCUT2D eigenvalue weighted by atomic mass is 16.5. The Hall–Kier alpha value is -4.44. The first-order valence-electron chi connectivity index (χ1n) is 13.4. The van der Waals surface area contributed by atoms with Gasteiger partial charge in [-0.3, -0.25) is 9.69 Å². The van der Waals surface area contributed by atoms with Gasteiger partial charge in [0.15, 0.2) is 5.65 Å². The maximum absolute atomic E-state index is 13.0. The number of hydrogen-bond acceptors (Lipinski definition) is 8. The lowest BCUT2D eigenvalue weighted by Gasteiger charge is -2.16. The molecule has 1 aliphatic rings. The number of aryl methyl sites for hydroxylation is 1. The third kappa shape index (κ3) is 5.91. The molecule has 4 aromatic rings. The van der Waals surface area contributed by atoms with Crippen LogP contribution in [0.2, 0.25) is 0 Å². The lowest BCUT2D eigenvalue weighted by molar-refractivity contribution is -0.125. The zero-order valence-corrected chi connectivity index (χ0v) is 23.2. The molecule has 10 heteroatoms. The molecule has 0 bridgehead atoms. The summed E-state index contributed by atoms with van der Waals surface area (Å²) in [4.78, 5) is 25.7. The number of nitrogens with zero attached hydrogens (tertiary/aromatic N) is 6. The summed E-state index contributed by atoms with van der Waals surface area (Å²) < 4.78 is 13.2. The predicted molar refractivity (Wildman–Crippen MR) is 155 cm³/mol. The summed E-state index contributed by atoms with van der Waals surface area (Å²) in [6.07, 6.45) is 5.78. The van der Waals surface area contributed by atoms with Gasteiger partial charge in [0.2, 0.25) is 5.91 Å². The normalized spacial score (nSPS) is 15.4. The van der Waals surface area contributed by atoms with E-state index in [0.29, 0.717) is 48.8 Å². The minimum Gasteiger partial charge on any atom is -0.496 e. The molecule has 1 aliphatic heterocycles. The van der Waals surface area contributed by atoms with Crippen LogP contribution in [0.15, 0.2) is 67.0 Å². The third-order valence-corrected chi connectivity index (χ3v) is 7.18. The number of hydrogen-bond donors (Lipinski definition) is 1. The van der Waals surface area contributed by atoms with Crippen LogP contribution in [0.5, 0.6) is 11.5 Å². The Labute approximate surface area is 234 Å². The van der Waals surface area contributed by atoms with Gasteiger partial charge in [-0.25, -0.2) is 14.6 Å². The zero-order valence-electron chi connectivity index (χ0n) is 23.2. The Kier molecular flexibility index (Phi) is 8.26. The molecule has 1 atom stereocenters. The molecular weight excluding hydrogens is 506 g/mol. The van der Waals surface area contributed by atoms with Gasteiger partial charge in [0.25, 0.3) is 0 Å². The number of carbonyl (C=O) groups excluding carboxylic acids is 1. The van der Waals surface area contributed by atoms with Crippen LogP contribution >= 0.6 is 0 Å². The van der Waals surface area contributed by atoms with E-state index in [4.69, 9.17) is 20.3 Å². The van der Waals surface area contributed by atoms with Crippen molar-refractivity contribution in [1.82, 2.24) is 29.5 Å². The van der Waals surface area contributed by atoms with Crippen LogP contribution < -0.4 is 15.2 Å². The van der Waals surface area contributed by atoms with E-state index in [9.17, 15) is 4.79 Å². The molecule has 1 fully saturated rings. The first-order valence-corrected chi connectivity index (χ1v) is 13.4. The largest absolute Gasteiger partial charge is 0.496 e. The number of carbonyl (C=O) groups is 1. The summed E-state index contributed by atoms with van der Waals surface area (Å²) in [5, 5.41) is 5.65. The Morgan fingerprint density at radius 1 is 1.20 bits per heavy atom. The average molecular weight is 542 g/mol. The number of benzene rings is 2. The number of fused-ring (bicyclic) bond motifs is 1. The number of aromatic nitrogens is 4. The fourth-order valence-electron chi connectivity index (χ4n) is 4.93. The van der Waals surface area contributed by atoms with E-state index in [1.54, 1.807) is 13.2 Å². The maximum Gasteiger partial charge on any atom is 0.246 e. The van der Waals surface area contributed by atoms with Gasteiger partial charge < -0.3 is 20.1 Å². The molecule has 1 saturated heterocycles. The van der Waals surface area contributed by atoms with Crippen molar-refractivity contribution in [1.29, 1.82) is 0 Å². The second-order valence-corrected chi connectivity index (χ2v) is 9.99. The van der Waals surface area contributed by atoms with Crippen LogP contribution in [-0.4, -0.2) is 82.4 Å². The number of likely N-dealkylation sites (N-methyl/N-ethyl adjacent to an activating group) is 1. The average Bonchev–Trinajstić information content (AvgIpc) is 3.60. The Morgan fingerprint density at radius 3 is 2.83 bits per heavy atom. The van der Waals surface area contributed by atoms with Gasteiger partial charge in [0, 0.05) is 37.8 Å². The van der Waals surface area contributed by atoms with Gasteiger partial charge in [0.1, 0.15) is 35.9 Å². The van der Waals surface area contributed by atoms with Crippen molar-refractivity contribution >= 4 is 22.8 Å². The molecule has 2 N–H and O–H groups in total. The van der Waals surface area contributed by atoms with E-state index in [-0.39, 0.29) is 11.9 Å². The molecule has 0 unspecified atom stereocenters. The van der Waals surface area contributed by atoms with Crippen LogP contribution in [-0.2, 0) is 4.79 Å². The summed E-state index contributed by atoms with van der Waals surface area (Å²) in [5.74, 6) is 1.99. The summed E-state index contributed by atoms with van der Waals surface area (Å²) in [6, 6.07) is 15.7. The smallest absolute Gasteiger partial charge is 0.246 e. The van der Waals surface area contributed by atoms with Crippen molar-refractivity contribution in [3.05, 3.63) is 72.6 Å². The molecule has 5 rings (SSSR count). The number of anilines is 1. The van der Waals surface area contributed by atoms with E-state index in [0.717, 1.165) is 35.6 Å². The quantitative estimate of drug-likeness (QED) is 0.302. The molecule has 2 aromatic carbocycles. The number of nitrogen functional groups attached to an aromatic ring is 1. The van der Waals surface area contributed by atoms with Crippen LogP contribution in [0.4, 0.5) is 5.82 Å². The molecule has 0 aliphatic carbocycles. The monoisotopic (exact) mass is 541 g/mol. The van der Waals surface area contributed by atoms with E-state index in [1.165, 1.54) is 6.33 Å². The van der Waals surface area contributed by atoms with Gasteiger partial charge in [-0.2, -0.15) is 5.10 Å². The van der Waals surface area contributed by atoms with Gasteiger partial charge >= 0.3 is 0 Å². The van der Waals surface area contributed by atoms with Crippen molar-refractivity contribution < 1.29 is 14.3 Å². The van der Waals surface area contributed by atoms with Gasteiger partial charge in [-0.05, 0) is 44.2 Å². The molecule has 1 amide bonds. The molecule has 0 spiro atoms. The van der Waals surface area contributed by atoms with E-state index in [2.05, 4.69) is 14.9 Å². The minimum absolute atomic E-state index is 0.00877. The first kappa shape index (κ1) is 27.1. The van der Waals surface area contributed by atoms with Crippen LogP contribution in [0.3, 0.4) is 0 Å². The Morgan fingerprint density at radius 2 is 2.02 bits per heavy atom. The third-order valence-electron chi connectivity index (χ3n) is 7.18. The topological polar surface area (TPSA) is 112 Å². The van der Waals surface area contributed by atoms with Crippen LogP contribution in [0.25, 0.3) is 22.3 Å². The molecule has 2 aromatic heterocycles. The molecule has 0 saturated carbocycles. The maximum atomic E-state index is 13.0. The summed E-state index contributed by atoms with van der Waals surface area (Å²) in [7, 11) is 3.66. The molecule has 40 heavy (non-hydrogen) atoms. The molecular formula is C30H35N7O3. The number of para-hydroxylation sites is 1. The van der Waals surface area contributed by atoms with Crippen LogP contribution in [0.1, 0.15) is 18.0 Å². The number of amides is 1. The second kappa shape index (κ2) is 12.2. The fraction of sp³-hybridized carbons (Fsp3) is 0.333. The SMILES string of the molecule is COc1cc(-c2nn([C@@H]3CCN(C(=O)C=CCN(C)CCOc4ccccc4)C3)c3ncnc(N)c23)ccc1C. The van der Waals surface area contributed by atoms with E-state index < -0.39 is 0 Å². The number of rotatable bonds is 10. The highest BCUT2D eigenvalue weighted by Crippen LogP contribution is 2.35. The summed E-state index contributed by atoms with van der Waals surface area (Å²) >= 11 is 0. The van der Waals surface area contributed by atoms with Crippen LogP contribution in [0, 0.1) is 6.92 Å². The number of nitrogens with two attached hydrogens (primary N) is 1. The van der Waals surface area contributed by atoms with Gasteiger partial charge in [-0.15, -0.1) is 0 Å². The molecule has 3 heterocycles. The van der Waals surface area contributed by atoms with Gasteiger partial charge in [0.05, 0.1) is 18.5 Å². The zero-order chi connectivity index (χ0) is 28.1. The molecule has 0 radical (unpaired) electrons. The van der Waals surface area contributed by atoms with E-state index >= 15 is 0 Å². The van der Waals surface area contributed by atoms with Gasteiger partial charge in [-0.1, -0.05) is 36.4 Å². The van der Waals surface area contributed by atoms with Crippen molar-refractivity contribution in [2.24, 2.45) is 0 Å².